The highest BCUT2D eigenvalue weighted by Crippen LogP contribution is 2.21. The molecule has 4 heteroatoms. The first-order valence-corrected chi connectivity index (χ1v) is 7.19. The lowest BCUT2D eigenvalue weighted by atomic mass is 10.2. The molecule has 1 aliphatic rings. The minimum atomic E-state index is -0.230. The lowest BCUT2D eigenvalue weighted by molar-refractivity contribution is -0.131. The molecule has 0 saturated carbocycles. The first-order valence-electron chi connectivity index (χ1n) is 7.19. The fourth-order valence-corrected chi connectivity index (χ4v) is 2.59. The molecule has 4 nitrogen and oxygen atoms in total. The highest BCUT2D eigenvalue weighted by Gasteiger charge is 2.19. The number of carbonyl (C=O) groups excluding carboxylic acids is 1. The molecular weight excluding hydrogens is 238 g/mol. The summed E-state index contributed by atoms with van der Waals surface area (Å²) in [7, 11) is 0. The number of anilines is 1. The molecule has 2 rings (SSSR count). The van der Waals surface area contributed by atoms with E-state index < -0.39 is 0 Å². The minimum absolute atomic E-state index is 0.132. The molecule has 1 aromatic rings. The number of rotatable bonds is 5. The zero-order valence-electron chi connectivity index (χ0n) is 12.1. The van der Waals surface area contributed by atoms with Gasteiger partial charge in [0.25, 0.3) is 0 Å². The highest BCUT2D eigenvalue weighted by atomic mass is 16.2. The van der Waals surface area contributed by atoms with Gasteiger partial charge in [-0.2, -0.15) is 0 Å². The number of aromatic nitrogens is 1. The van der Waals surface area contributed by atoms with Gasteiger partial charge in [-0.05, 0) is 51.7 Å². The Hall–Kier alpha value is -1.58. The Morgan fingerprint density at radius 2 is 2.11 bits per heavy atom. The minimum Gasteiger partial charge on any atom is -0.359 e. The van der Waals surface area contributed by atoms with Crippen LogP contribution >= 0.6 is 0 Å². The third kappa shape index (κ3) is 3.06. The van der Waals surface area contributed by atoms with Crippen LogP contribution in [0.2, 0.25) is 0 Å². The van der Waals surface area contributed by atoms with Crippen molar-refractivity contribution < 1.29 is 4.79 Å². The molecule has 1 unspecified atom stereocenters. The van der Waals surface area contributed by atoms with Gasteiger partial charge in [-0.3, -0.25) is 4.79 Å². The molecule has 19 heavy (non-hydrogen) atoms. The van der Waals surface area contributed by atoms with Gasteiger partial charge < -0.3 is 10.2 Å². The zero-order valence-corrected chi connectivity index (χ0v) is 12.1. The Labute approximate surface area is 115 Å². The van der Waals surface area contributed by atoms with Crippen molar-refractivity contribution in [2.75, 3.05) is 18.4 Å². The predicted molar refractivity (Wildman–Crippen MR) is 77.3 cm³/mol. The van der Waals surface area contributed by atoms with Gasteiger partial charge in [0.2, 0.25) is 5.91 Å². The summed E-state index contributed by atoms with van der Waals surface area (Å²) in [5.74, 6) is 0.945. The summed E-state index contributed by atoms with van der Waals surface area (Å²) in [6.07, 6.45) is 3.39. The molecule has 1 heterocycles. The van der Waals surface area contributed by atoms with Crippen LogP contribution in [0.4, 0.5) is 5.82 Å². The number of hydrogen-bond acceptors (Lipinski definition) is 3. The van der Waals surface area contributed by atoms with Gasteiger partial charge in [0, 0.05) is 18.8 Å². The molecule has 0 saturated heterocycles. The average Bonchev–Trinajstić information content (AvgIpc) is 2.87. The van der Waals surface area contributed by atoms with E-state index >= 15 is 0 Å². The van der Waals surface area contributed by atoms with E-state index in [0.717, 1.165) is 31.7 Å². The molecule has 1 aromatic heterocycles. The van der Waals surface area contributed by atoms with E-state index in [0.29, 0.717) is 0 Å². The van der Waals surface area contributed by atoms with Crippen molar-refractivity contribution in [3.63, 3.8) is 0 Å². The molecule has 1 atom stereocenters. The largest absolute Gasteiger partial charge is 0.359 e. The Morgan fingerprint density at radius 1 is 1.37 bits per heavy atom. The molecule has 0 bridgehead atoms. The SMILES string of the molecule is CCN(CC)C(=O)C(C)Nc1ccc2c(n1)CCC2. The fraction of sp³-hybridized carbons (Fsp3) is 0.600. The average molecular weight is 261 g/mol. The summed E-state index contributed by atoms with van der Waals surface area (Å²) in [6, 6.07) is 3.88. The van der Waals surface area contributed by atoms with Gasteiger partial charge in [0.15, 0.2) is 0 Å². The van der Waals surface area contributed by atoms with Crippen LogP contribution < -0.4 is 5.32 Å². The molecule has 1 amide bonds. The van der Waals surface area contributed by atoms with Crippen LogP contribution in [-0.4, -0.2) is 34.9 Å². The normalized spacial score (nSPS) is 14.9. The Balaban J connectivity index is 2.02. The van der Waals surface area contributed by atoms with Gasteiger partial charge >= 0.3 is 0 Å². The predicted octanol–water partition coefficient (Wildman–Crippen LogP) is 2.24. The molecule has 0 fully saturated rings. The highest BCUT2D eigenvalue weighted by molar-refractivity contribution is 5.84. The van der Waals surface area contributed by atoms with Crippen molar-refractivity contribution in [3.8, 4) is 0 Å². The fourth-order valence-electron chi connectivity index (χ4n) is 2.59. The quantitative estimate of drug-likeness (QED) is 0.884. The summed E-state index contributed by atoms with van der Waals surface area (Å²) < 4.78 is 0. The van der Waals surface area contributed by atoms with Crippen molar-refractivity contribution in [2.24, 2.45) is 0 Å². The molecule has 0 spiro atoms. The first-order chi connectivity index (χ1) is 9.15. The maximum atomic E-state index is 12.2. The standard InChI is InChI=1S/C15H23N3O/c1-4-18(5-2)15(19)11(3)16-14-10-9-12-7-6-8-13(12)17-14/h9-11H,4-8H2,1-3H3,(H,16,17). The van der Waals surface area contributed by atoms with Gasteiger partial charge in [0.1, 0.15) is 11.9 Å². The van der Waals surface area contributed by atoms with Crippen LogP contribution in [0.1, 0.15) is 38.4 Å². The third-order valence-corrected chi connectivity index (χ3v) is 3.74. The third-order valence-electron chi connectivity index (χ3n) is 3.74. The van der Waals surface area contributed by atoms with Crippen molar-refractivity contribution in [1.82, 2.24) is 9.88 Å². The molecule has 1 aliphatic carbocycles. The number of nitrogens with zero attached hydrogens (tertiary/aromatic N) is 2. The summed E-state index contributed by atoms with van der Waals surface area (Å²) >= 11 is 0. The molecule has 1 N–H and O–H groups in total. The summed E-state index contributed by atoms with van der Waals surface area (Å²) in [4.78, 5) is 18.6. The van der Waals surface area contributed by atoms with Crippen molar-refractivity contribution in [1.29, 1.82) is 0 Å². The molecule has 0 aromatic carbocycles. The van der Waals surface area contributed by atoms with E-state index in [4.69, 9.17) is 0 Å². The number of fused-ring (bicyclic) bond motifs is 1. The van der Waals surface area contributed by atoms with Crippen LogP contribution in [-0.2, 0) is 17.6 Å². The second-order valence-corrected chi connectivity index (χ2v) is 5.03. The number of aryl methyl sites for hydroxylation is 2. The van der Waals surface area contributed by atoms with E-state index in [9.17, 15) is 4.79 Å². The number of likely N-dealkylation sites (N-methyl/N-ethyl adjacent to an activating group) is 1. The molecular formula is C15H23N3O. The maximum Gasteiger partial charge on any atom is 0.244 e. The Bertz CT molecular complexity index is 455. The molecule has 0 radical (unpaired) electrons. The van der Waals surface area contributed by atoms with Crippen LogP contribution in [0.3, 0.4) is 0 Å². The van der Waals surface area contributed by atoms with Crippen molar-refractivity contribution >= 4 is 11.7 Å². The summed E-state index contributed by atoms with van der Waals surface area (Å²) in [5, 5.41) is 3.22. The number of hydrogen-bond donors (Lipinski definition) is 1. The van der Waals surface area contributed by atoms with E-state index in [-0.39, 0.29) is 11.9 Å². The number of pyridine rings is 1. The van der Waals surface area contributed by atoms with Crippen molar-refractivity contribution in [2.45, 2.75) is 46.1 Å². The smallest absolute Gasteiger partial charge is 0.244 e. The zero-order chi connectivity index (χ0) is 13.8. The maximum absolute atomic E-state index is 12.2. The van der Waals surface area contributed by atoms with Crippen molar-refractivity contribution in [3.05, 3.63) is 23.4 Å². The molecule has 0 aliphatic heterocycles. The lowest BCUT2D eigenvalue weighted by Gasteiger charge is -2.23. The molecule has 104 valence electrons. The van der Waals surface area contributed by atoms with E-state index in [1.165, 1.54) is 17.7 Å². The van der Waals surface area contributed by atoms with Crippen LogP contribution in [0, 0.1) is 0 Å². The number of carbonyl (C=O) groups is 1. The monoisotopic (exact) mass is 261 g/mol. The second kappa shape index (κ2) is 6.04. The van der Waals surface area contributed by atoms with Gasteiger partial charge in [-0.25, -0.2) is 4.98 Å². The van der Waals surface area contributed by atoms with Gasteiger partial charge in [-0.15, -0.1) is 0 Å². The topological polar surface area (TPSA) is 45.2 Å². The van der Waals surface area contributed by atoms with E-state index in [1.807, 2.05) is 31.7 Å². The summed E-state index contributed by atoms with van der Waals surface area (Å²) in [6.45, 7) is 7.40. The number of amides is 1. The summed E-state index contributed by atoms with van der Waals surface area (Å²) in [5.41, 5.74) is 2.54. The van der Waals surface area contributed by atoms with Gasteiger partial charge in [-0.1, -0.05) is 6.07 Å². The number of nitrogens with one attached hydrogen (secondary N) is 1. The second-order valence-electron chi connectivity index (χ2n) is 5.03. The van der Waals surface area contributed by atoms with Gasteiger partial charge in [0.05, 0.1) is 0 Å². The van der Waals surface area contributed by atoms with Crippen LogP contribution in [0.5, 0.6) is 0 Å². The lowest BCUT2D eigenvalue weighted by Crippen LogP contribution is -2.41. The van der Waals surface area contributed by atoms with Crippen LogP contribution in [0.15, 0.2) is 12.1 Å². The van der Waals surface area contributed by atoms with Crippen LogP contribution in [0.25, 0.3) is 0 Å². The van der Waals surface area contributed by atoms with E-state index in [1.54, 1.807) is 0 Å². The van der Waals surface area contributed by atoms with E-state index in [2.05, 4.69) is 16.4 Å². The Morgan fingerprint density at radius 3 is 2.79 bits per heavy atom. The Kier molecular flexibility index (Phi) is 4.40. The first kappa shape index (κ1) is 13.8.